The van der Waals surface area contributed by atoms with E-state index in [1.807, 2.05) is 47.3 Å². The first kappa shape index (κ1) is 21.9. The Bertz CT molecular complexity index is 1450. The molecule has 1 saturated carbocycles. The molecule has 4 aromatic rings. The second-order valence-corrected chi connectivity index (χ2v) is 10.5. The van der Waals surface area contributed by atoms with Crippen molar-refractivity contribution >= 4 is 33.9 Å². The van der Waals surface area contributed by atoms with Gasteiger partial charge in [-0.2, -0.15) is 5.26 Å². The first-order valence-corrected chi connectivity index (χ1v) is 12.1. The summed E-state index contributed by atoms with van der Waals surface area (Å²) in [6.07, 6.45) is 5.54. The summed E-state index contributed by atoms with van der Waals surface area (Å²) in [5, 5.41) is 26.3. The van der Waals surface area contributed by atoms with Crippen LogP contribution in [0.25, 0.3) is 10.9 Å². The quantitative estimate of drug-likeness (QED) is 0.316. The maximum atomic E-state index is 9.76. The number of nitriles is 1. The zero-order valence-electron chi connectivity index (χ0n) is 21.0. The van der Waals surface area contributed by atoms with Crippen LogP contribution in [-0.2, 0) is 0 Å². The highest BCUT2D eigenvalue weighted by Gasteiger charge is 2.27. The number of hydrogen-bond donors (Lipinski definition) is 2. The third-order valence-electron chi connectivity index (χ3n) is 5.86. The van der Waals surface area contributed by atoms with Crippen molar-refractivity contribution < 1.29 is 1.37 Å². The number of aromatic nitrogens is 4. The Morgan fingerprint density at radius 2 is 2.03 bits per heavy atom. The molecule has 5 rings (SSSR count). The minimum atomic E-state index is -1.41. The van der Waals surface area contributed by atoms with Gasteiger partial charge in [0.1, 0.15) is 11.8 Å². The first-order valence-electron chi connectivity index (χ1n) is 12.2. The molecule has 2 N–H and O–H groups in total. The number of pyridine rings is 1. The molecule has 8 heteroatoms. The van der Waals surface area contributed by atoms with E-state index >= 15 is 0 Å². The first-order chi connectivity index (χ1) is 17.2. The molecule has 2 heterocycles. The lowest BCUT2D eigenvalue weighted by molar-refractivity contribution is 0.443. The summed E-state index contributed by atoms with van der Waals surface area (Å²) < 4.78 is 11.4. The molecule has 0 spiro atoms. The lowest BCUT2D eigenvalue weighted by atomic mass is 9.96. The van der Waals surface area contributed by atoms with Crippen LogP contribution in [0.3, 0.4) is 0 Å². The van der Waals surface area contributed by atoms with Gasteiger partial charge in [-0.15, -0.1) is 5.10 Å². The van der Waals surface area contributed by atoms with Crippen molar-refractivity contribution in [1.29, 1.82) is 5.26 Å². The Morgan fingerprint density at radius 3 is 2.71 bits per heavy atom. The van der Waals surface area contributed by atoms with E-state index in [-0.39, 0.29) is 5.41 Å². The number of nitrogens with zero attached hydrogens (tertiary/aromatic N) is 5. The number of nitrogens with one attached hydrogen (secondary N) is 2. The van der Waals surface area contributed by atoms with E-state index in [9.17, 15) is 6.63 Å². The van der Waals surface area contributed by atoms with Gasteiger partial charge in [0.05, 0.1) is 41.4 Å². The molecule has 2 aromatic heterocycles. The molecule has 7 nitrogen and oxygen atoms in total. The van der Waals surface area contributed by atoms with Crippen LogP contribution in [0.2, 0.25) is 5.02 Å². The minimum Gasteiger partial charge on any atom is -0.383 e. The Balaban J connectivity index is 1.61. The fraction of sp³-hybridized carbons (Fsp3) is 0.333. The van der Waals surface area contributed by atoms with Crippen molar-refractivity contribution in [2.45, 2.75) is 45.7 Å². The monoisotopic (exact) mass is 486 g/mol. The van der Waals surface area contributed by atoms with Gasteiger partial charge in [0.25, 0.3) is 0 Å². The Hall–Kier alpha value is -3.63. The van der Waals surface area contributed by atoms with Crippen molar-refractivity contribution in [3.8, 4) is 6.07 Å². The van der Waals surface area contributed by atoms with Crippen LogP contribution in [0.15, 0.2) is 54.9 Å². The van der Waals surface area contributed by atoms with Crippen molar-refractivity contribution in [2.75, 3.05) is 17.2 Å². The van der Waals surface area contributed by atoms with E-state index < -0.39 is 6.02 Å². The zero-order chi connectivity index (χ0) is 25.5. The minimum absolute atomic E-state index is 0.000993. The van der Waals surface area contributed by atoms with Gasteiger partial charge in [0, 0.05) is 23.8 Å². The molecule has 0 aliphatic heterocycles. The van der Waals surface area contributed by atoms with Crippen molar-refractivity contribution in [3.05, 3.63) is 76.7 Å². The molecular weight excluding hydrogens is 458 g/mol. The lowest BCUT2D eigenvalue weighted by Gasteiger charge is -2.22. The molecule has 1 aliphatic carbocycles. The van der Waals surface area contributed by atoms with Crippen LogP contribution in [0.4, 0.5) is 11.4 Å². The number of halogens is 1. The highest BCUT2D eigenvalue weighted by Crippen LogP contribution is 2.37. The van der Waals surface area contributed by atoms with E-state index in [2.05, 4.69) is 52.8 Å². The molecular formula is C27H28ClN7. The van der Waals surface area contributed by atoms with Gasteiger partial charge in [-0.05, 0) is 36.0 Å². The Kier molecular flexibility index (Phi) is 5.75. The third-order valence-corrected chi connectivity index (χ3v) is 6.15. The maximum absolute atomic E-state index is 9.76. The highest BCUT2D eigenvalue weighted by molar-refractivity contribution is 6.35. The van der Waals surface area contributed by atoms with Gasteiger partial charge in [-0.1, -0.05) is 67.9 Å². The normalized spacial score (nSPS) is 15.8. The van der Waals surface area contributed by atoms with Crippen LogP contribution in [0.1, 0.15) is 63.9 Å². The smallest absolute Gasteiger partial charge is 0.109 e. The molecule has 0 radical (unpaired) electrons. The van der Waals surface area contributed by atoms with E-state index in [1.165, 1.54) is 0 Å². The van der Waals surface area contributed by atoms with Gasteiger partial charge < -0.3 is 10.6 Å². The summed E-state index contributed by atoms with van der Waals surface area (Å²) in [4.78, 5) is 4.45. The summed E-state index contributed by atoms with van der Waals surface area (Å²) >= 11 is 6.69. The average Bonchev–Trinajstić information content (AvgIpc) is 3.58. The molecule has 0 bridgehead atoms. The standard InChI is InChI=1S/C27H28ClN7/c1-27(2,3)16-31-24-18(13-29)14-30-26-21(24)11-19(12-22(26)28)32-25(17-7-5-4-6-8-17)23-15-35(34-33-23)20-9-10-20/h4-8,11-12,14-15,20,25,32H,9-10,16H2,1-3H3,(H,30,31)/t25-/m0/s1/i25D. The molecule has 35 heavy (non-hydrogen) atoms. The fourth-order valence-electron chi connectivity index (χ4n) is 3.90. The Morgan fingerprint density at radius 1 is 1.26 bits per heavy atom. The van der Waals surface area contributed by atoms with E-state index in [0.29, 0.717) is 51.1 Å². The predicted octanol–water partition coefficient (Wildman–Crippen LogP) is 6.35. The molecule has 0 amide bonds. The van der Waals surface area contributed by atoms with Crippen LogP contribution in [-0.4, -0.2) is 26.5 Å². The highest BCUT2D eigenvalue weighted by atomic mass is 35.5. The lowest BCUT2D eigenvalue weighted by Crippen LogP contribution is -2.20. The third kappa shape index (κ3) is 5.08. The Labute approximate surface area is 211 Å². The van der Waals surface area contributed by atoms with Gasteiger partial charge >= 0.3 is 0 Å². The van der Waals surface area contributed by atoms with Crippen LogP contribution >= 0.6 is 11.6 Å². The van der Waals surface area contributed by atoms with Crippen LogP contribution in [0, 0.1) is 16.7 Å². The number of benzene rings is 2. The van der Waals surface area contributed by atoms with Crippen molar-refractivity contribution in [1.82, 2.24) is 20.0 Å². The average molecular weight is 487 g/mol. The zero-order valence-corrected chi connectivity index (χ0v) is 20.8. The fourth-order valence-corrected chi connectivity index (χ4v) is 4.17. The number of fused-ring (bicyclic) bond motifs is 1. The number of anilines is 2. The molecule has 0 saturated heterocycles. The van der Waals surface area contributed by atoms with Crippen LogP contribution < -0.4 is 10.6 Å². The van der Waals surface area contributed by atoms with Gasteiger partial charge in [-0.3, -0.25) is 4.98 Å². The largest absolute Gasteiger partial charge is 0.383 e. The topological polar surface area (TPSA) is 91.5 Å². The molecule has 1 atom stereocenters. The van der Waals surface area contributed by atoms with Crippen LogP contribution in [0.5, 0.6) is 0 Å². The molecule has 178 valence electrons. The van der Waals surface area contributed by atoms with Gasteiger partial charge in [0.15, 0.2) is 0 Å². The maximum Gasteiger partial charge on any atom is 0.109 e. The summed E-state index contributed by atoms with van der Waals surface area (Å²) in [5.41, 5.74) is 3.53. The molecule has 1 fully saturated rings. The van der Waals surface area contributed by atoms with E-state index in [0.717, 1.165) is 18.4 Å². The summed E-state index contributed by atoms with van der Waals surface area (Å²) in [6, 6.07) is 14.3. The number of rotatable bonds is 7. The second kappa shape index (κ2) is 9.20. The molecule has 1 aliphatic rings. The van der Waals surface area contributed by atoms with Crippen molar-refractivity contribution in [3.63, 3.8) is 0 Å². The summed E-state index contributed by atoms with van der Waals surface area (Å²) in [6.45, 7) is 7.03. The van der Waals surface area contributed by atoms with E-state index in [1.54, 1.807) is 12.3 Å². The molecule has 0 unspecified atom stereocenters. The number of hydrogen-bond acceptors (Lipinski definition) is 6. The second-order valence-electron chi connectivity index (χ2n) is 10.1. The van der Waals surface area contributed by atoms with Crippen molar-refractivity contribution in [2.24, 2.45) is 5.41 Å². The SMILES string of the molecule is [2H][C@](Nc1cc(Cl)c2ncc(C#N)c(NCC(C)(C)C)c2c1)(c1ccccc1)c1cn(C2CC2)nn1. The van der Waals surface area contributed by atoms with Gasteiger partial charge in [-0.25, -0.2) is 4.68 Å². The predicted molar refractivity (Wildman–Crippen MR) is 140 cm³/mol. The summed E-state index contributed by atoms with van der Waals surface area (Å²) in [5.74, 6) is 0. The van der Waals surface area contributed by atoms with E-state index in [4.69, 9.17) is 11.6 Å². The summed E-state index contributed by atoms with van der Waals surface area (Å²) in [7, 11) is 0. The van der Waals surface area contributed by atoms with Gasteiger partial charge in [0.2, 0.25) is 0 Å². The molecule has 2 aromatic carbocycles.